The fourth-order valence-electron chi connectivity index (χ4n) is 2.91. The molecule has 0 spiro atoms. The Kier molecular flexibility index (Phi) is 10.3. The largest absolute Gasteiger partial charge is 0.379 e. The molecule has 0 saturated carbocycles. The van der Waals surface area contributed by atoms with Crippen molar-refractivity contribution >= 4 is 29.9 Å². The van der Waals surface area contributed by atoms with Crippen molar-refractivity contribution in [1.29, 1.82) is 0 Å². The zero-order valence-electron chi connectivity index (χ0n) is 14.0. The Morgan fingerprint density at radius 3 is 2.64 bits per heavy atom. The van der Waals surface area contributed by atoms with Crippen molar-refractivity contribution in [1.82, 2.24) is 20.4 Å². The van der Waals surface area contributed by atoms with Crippen LogP contribution in [0.25, 0.3) is 0 Å². The highest BCUT2D eigenvalue weighted by Crippen LogP contribution is 2.14. The normalized spacial score (nSPS) is 24.1. The van der Waals surface area contributed by atoms with Crippen molar-refractivity contribution in [2.24, 2.45) is 4.99 Å². The zero-order chi connectivity index (χ0) is 14.9. The van der Waals surface area contributed by atoms with Crippen LogP contribution in [-0.4, -0.2) is 87.9 Å². The van der Waals surface area contributed by atoms with Gasteiger partial charge in [-0.05, 0) is 33.4 Å². The van der Waals surface area contributed by atoms with E-state index in [2.05, 4.69) is 34.4 Å². The molecule has 6 nitrogen and oxygen atoms in total. The monoisotopic (exact) mass is 425 g/mol. The molecule has 0 aromatic carbocycles. The lowest BCUT2D eigenvalue weighted by atomic mass is 10.2. The molecule has 2 rings (SSSR count). The van der Waals surface area contributed by atoms with Gasteiger partial charge >= 0.3 is 0 Å². The molecule has 2 aliphatic heterocycles. The van der Waals surface area contributed by atoms with Crippen LogP contribution in [-0.2, 0) is 4.74 Å². The van der Waals surface area contributed by atoms with E-state index in [0.29, 0.717) is 6.04 Å². The Balaban J connectivity index is 0.00000242. The number of ether oxygens (including phenoxy) is 1. The van der Waals surface area contributed by atoms with Gasteiger partial charge in [0.2, 0.25) is 0 Å². The van der Waals surface area contributed by atoms with Gasteiger partial charge in [-0.15, -0.1) is 24.0 Å². The first kappa shape index (κ1) is 19.9. The second-order valence-corrected chi connectivity index (χ2v) is 5.88. The Bertz CT molecular complexity index is 323. The summed E-state index contributed by atoms with van der Waals surface area (Å²) in [5.41, 5.74) is 0. The first-order chi connectivity index (χ1) is 10.3. The second kappa shape index (κ2) is 11.4. The van der Waals surface area contributed by atoms with E-state index in [0.717, 1.165) is 58.4 Å². The van der Waals surface area contributed by atoms with Gasteiger partial charge in [0, 0.05) is 38.8 Å². The molecule has 22 heavy (non-hydrogen) atoms. The molecule has 0 radical (unpaired) electrons. The van der Waals surface area contributed by atoms with Crippen LogP contribution in [0, 0.1) is 0 Å². The average molecular weight is 425 g/mol. The Morgan fingerprint density at radius 2 is 2.00 bits per heavy atom. The summed E-state index contributed by atoms with van der Waals surface area (Å²) in [6.45, 7) is 10.9. The summed E-state index contributed by atoms with van der Waals surface area (Å²) < 4.78 is 5.37. The second-order valence-electron chi connectivity index (χ2n) is 5.88. The summed E-state index contributed by atoms with van der Waals surface area (Å²) in [6, 6.07) is 0.611. The summed E-state index contributed by atoms with van der Waals surface area (Å²) in [7, 11) is 2.20. The molecule has 2 saturated heterocycles. The van der Waals surface area contributed by atoms with Crippen LogP contribution in [0.4, 0.5) is 0 Å². The molecule has 0 aliphatic carbocycles. The molecule has 130 valence electrons. The number of morpholine rings is 1. The van der Waals surface area contributed by atoms with Gasteiger partial charge in [0.05, 0.1) is 19.8 Å². The topological polar surface area (TPSA) is 52.1 Å². The predicted molar refractivity (Wildman–Crippen MR) is 102 cm³/mol. The van der Waals surface area contributed by atoms with Gasteiger partial charge in [-0.3, -0.25) is 9.89 Å². The van der Waals surface area contributed by atoms with Crippen molar-refractivity contribution in [3.05, 3.63) is 0 Å². The van der Waals surface area contributed by atoms with Gasteiger partial charge in [0.1, 0.15) is 0 Å². The Hall–Kier alpha value is -0.120. The van der Waals surface area contributed by atoms with Crippen LogP contribution in [0.2, 0.25) is 0 Å². The first-order valence-corrected chi connectivity index (χ1v) is 8.32. The third-order valence-corrected chi connectivity index (χ3v) is 4.30. The maximum absolute atomic E-state index is 5.37. The number of hydrogen-bond donors (Lipinski definition) is 2. The number of halogens is 1. The fourth-order valence-corrected chi connectivity index (χ4v) is 2.91. The molecule has 7 heteroatoms. The SMILES string of the molecule is CCNC(=NCC1CCCN1C)NCCN1CCOCC1.I. The van der Waals surface area contributed by atoms with Crippen LogP contribution >= 0.6 is 24.0 Å². The Labute approximate surface area is 152 Å². The molecule has 2 fully saturated rings. The standard InChI is InChI=1S/C15H31N5O.HI/c1-3-16-15(18-13-14-5-4-7-19(14)2)17-6-8-20-9-11-21-12-10-20;/h14H,3-13H2,1-2H3,(H2,16,17,18);1H. The number of likely N-dealkylation sites (N-methyl/N-ethyl adjacent to an activating group) is 1. The molecular formula is C15H32IN5O. The zero-order valence-corrected chi connectivity index (χ0v) is 16.3. The van der Waals surface area contributed by atoms with Crippen LogP contribution in [0.5, 0.6) is 0 Å². The lowest BCUT2D eigenvalue weighted by molar-refractivity contribution is 0.0389. The molecule has 1 atom stereocenters. The van der Waals surface area contributed by atoms with E-state index in [4.69, 9.17) is 9.73 Å². The number of rotatable bonds is 6. The van der Waals surface area contributed by atoms with Gasteiger partial charge in [0.25, 0.3) is 0 Å². The Morgan fingerprint density at radius 1 is 1.23 bits per heavy atom. The van der Waals surface area contributed by atoms with E-state index >= 15 is 0 Å². The van der Waals surface area contributed by atoms with Gasteiger partial charge in [-0.1, -0.05) is 0 Å². The number of likely N-dealkylation sites (tertiary alicyclic amines) is 1. The molecular weight excluding hydrogens is 393 g/mol. The van der Waals surface area contributed by atoms with Crippen molar-refractivity contribution < 1.29 is 4.74 Å². The fraction of sp³-hybridized carbons (Fsp3) is 0.933. The lowest BCUT2D eigenvalue weighted by Gasteiger charge is -2.26. The molecule has 1 unspecified atom stereocenters. The van der Waals surface area contributed by atoms with E-state index in [1.807, 2.05) is 0 Å². The van der Waals surface area contributed by atoms with E-state index in [-0.39, 0.29) is 24.0 Å². The molecule has 0 bridgehead atoms. The minimum atomic E-state index is 0. The third kappa shape index (κ3) is 6.97. The van der Waals surface area contributed by atoms with E-state index in [1.165, 1.54) is 19.4 Å². The molecule has 0 aromatic rings. The minimum Gasteiger partial charge on any atom is -0.379 e. The van der Waals surface area contributed by atoms with Crippen LogP contribution in [0.1, 0.15) is 19.8 Å². The van der Waals surface area contributed by atoms with Crippen molar-refractivity contribution in [3.63, 3.8) is 0 Å². The molecule has 2 aliphatic rings. The number of hydrogen-bond acceptors (Lipinski definition) is 4. The maximum Gasteiger partial charge on any atom is 0.191 e. The highest BCUT2D eigenvalue weighted by Gasteiger charge is 2.20. The van der Waals surface area contributed by atoms with Gasteiger partial charge in [-0.2, -0.15) is 0 Å². The summed E-state index contributed by atoms with van der Waals surface area (Å²) >= 11 is 0. The lowest BCUT2D eigenvalue weighted by Crippen LogP contribution is -2.44. The number of guanidine groups is 1. The predicted octanol–water partition coefficient (Wildman–Crippen LogP) is 0.586. The molecule has 0 aromatic heterocycles. The minimum absolute atomic E-state index is 0. The summed E-state index contributed by atoms with van der Waals surface area (Å²) in [6.07, 6.45) is 2.57. The van der Waals surface area contributed by atoms with Crippen LogP contribution in [0.3, 0.4) is 0 Å². The number of aliphatic imine (C=N–C) groups is 1. The highest BCUT2D eigenvalue weighted by molar-refractivity contribution is 14.0. The first-order valence-electron chi connectivity index (χ1n) is 8.32. The van der Waals surface area contributed by atoms with Crippen molar-refractivity contribution in [3.8, 4) is 0 Å². The molecule has 2 heterocycles. The average Bonchev–Trinajstić information content (AvgIpc) is 2.91. The van der Waals surface area contributed by atoms with E-state index in [9.17, 15) is 0 Å². The summed E-state index contributed by atoms with van der Waals surface area (Å²) in [5.74, 6) is 0.950. The summed E-state index contributed by atoms with van der Waals surface area (Å²) in [4.78, 5) is 9.59. The molecule has 0 amide bonds. The highest BCUT2D eigenvalue weighted by atomic mass is 127. The third-order valence-electron chi connectivity index (χ3n) is 4.30. The van der Waals surface area contributed by atoms with E-state index < -0.39 is 0 Å². The van der Waals surface area contributed by atoms with Gasteiger partial charge in [-0.25, -0.2) is 0 Å². The number of nitrogens with zero attached hydrogens (tertiary/aromatic N) is 3. The quantitative estimate of drug-likeness (QED) is 0.371. The number of nitrogens with one attached hydrogen (secondary N) is 2. The van der Waals surface area contributed by atoms with Crippen LogP contribution < -0.4 is 10.6 Å². The van der Waals surface area contributed by atoms with E-state index in [1.54, 1.807) is 0 Å². The van der Waals surface area contributed by atoms with Crippen molar-refractivity contribution in [2.75, 3.05) is 66.1 Å². The maximum atomic E-state index is 5.37. The van der Waals surface area contributed by atoms with Gasteiger partial charge in [0.15, 0.2) is 5.96 Å². The van der Waals surface area contributed by atoms with Gasteiger partial charge < -0.3 is 20.3 Å². The van der Waals surface area contributed by atoms with Crippen molar-refractivity contribution in [2.45, 2.75) is 25.8 Å². The summed E-state index contributed by atoms with van der Waals surface area (Å²) in [5, 5.41) is 6.78. The smallest absolute Gasteiger partial charge is 0.191 e. The van der Waals surface area contributed by atoms with Crippen LogP contribution in [0.15, 0.2) is 4.99 Å². The molecule has 2 N–H and O–H groups in total.